The number of para-hydroxylation sites is 2. The zero-order chi connectivity index (χ0) is 31.3. The first-order valence-corrected chi connectivity index (χ1v) is 14.5. The van der Waals surface area contributed by atoms with Gasteiger partial charge in [0, 0.05) is 30.4 Å². The van der Waals surface area contributed by atoms with Gasteiger partial charge in [0.2, 0.25) is 6.10 Å². The van der Waals surface area contributed by atoms with Gasteiger partial charge in [-0.1, -0.05) is 30.3 Å². The number of nitrogens with zero attached hydrogens (tertiary/aromatic N) is 5. The third-order valence-electron chi connectivity index (χ3n) is 6.90. The van der Waals surface area contributed by atoms with Crippen LogP contribution in [0.2, 0.25) is 0 Å². The number of carboxylic acids is 1. The molecule has 0 amide bonds. The molecule has 10 nitrogen and oxygen atoms in total. The van der Waals surface area contributed by atoms with Crippen molar-refractivity contribution in [3.8, 4) is 40.2 Å². The van der Waals surface area contributed by atoms with E-state index in [0.29, 0.717) is 50.1 Å². The van der Waals surface area contributed by atoms with E-state index in [1.54, 1.807) is 66.2 Å². The highest BCUT2D eigenvalue weighted by atomic mass is 79.9. The molecule has 226 valence electrons. The van der Waals surface area contributed by atoms with Crippen LogP contribution in [-0.4, -0.2) is 48.6 Å². The number of ether oxygens (including phenoxy) is 3. The van der Waals surface area contributed by atoms with Crippen molar-refractivity contribution in [3.05, 3.63) is 119 Å². The molecule has 3 heterocycles. The normalized spacial score (nSPS) is 11.7. The average Bonchev–Trinajstić information content (AvgIpc) is 3.41. The number of hydrogen-bond acceptors (Lipinski definition) is 8. The zero-order valence-corrected chi connectivity index (χ0v) is 25.4. The van der Waals surface area contributed by atoms with E-state index >= 15 is 0 Å². The van der Waals surface area contributed by atoms with Crippen molar-refractivity contribution >= 4 is 27.5 Å². The molecule has 1 atom stereocenters. The molecule has 12 heteroatoms. The van der Waals surface area contributed by atoms with Gasteiger partial charge in [0.25, 0.3) is 0 Å². The lowest BCUT2D eigenvalue weighted by Gasteiger charge is -2.17. The maximum Gasteiger partial charge on any atom is 0.345 e. The van der Waals surface area contributed by atoms with Crippen LogP contribution in [0.15, 0.2) is 102 Å². The predicted octanol–water partition coefficient (Wildman–Crippen LogP) is 6.42. The molecule has 0 fully saturated rings. The van der Waals surface area contributed by atoms with Crippen LogP contribution in [0, 0.1) is 5.82 Å². The second-order valence-corrected chi connectivity index (χ2v) is 10.5. The first kappa shape index (κ1) is 29.7. The number of aromatic nitrogens is 5. The summed E-state index contributed by atoms with van der Waals surface area (Å²) < 4.78 is 33.1. The Morgan fingerprint density at radius 3 is 2.44 bits per heavy atom. The standard InChI is InChI=1S/C33H25BrFN5O5/c1-43-26-9-5-3-7-24(26)31-36-16-14-23(38-31)19-44-25-8-4-2-6-21(25)18-27(32(41)42)45-33-37-17-15-28-39-29(30(34)40(28)33)20-10-12-22(35)13-11-20/h2-17,27H,18-19H2,1H3,(H,41,42)/t27-/m1/s1. The Balaban J connectivity index is 1.22. The minimum absolute atomic E-state index is 0.0169. The molecule has 1 N–H and O–H groups in total. The van der Waals surface area contributed by atoms with Gasteiger partial charge >= 0.3 is 12.0 Å². The highest BCUT2D eigenvalue weighted by Gasteiger charge is 2.25. The highest BCUT2D eigenvalue weighted by molar-refractivity contribution is 9.10. The molecule has 0 spiro atoms. The highest BCUT2D eigenvalue weighted by Crippen LogP contribution is 2.32. The number of fused-ring (bicyclic) bond motifs is 1. The smallest absolute Gasteiger partial charge is 0.345 e. The first-order chi connectivity index (χ1) is 21.9. The molecule has 0 saturated carbocycles. The molecule has 6 rings (SSSR count). The van der Waals surface area contributed by atoms with Crippen molar-refractivity contribution in [2.45, 2.75) is 19.1 Å². The molecule has 0 aliphatic rings. The van der Waals surface area contributed by atoms with Crippen molar-refractivity contribution in [3.63, 3.8) is 0 Å². The summed E-state index contributed by atoms with van der Waals surface area (Å²) in [5.74, 6) is 0.0815. The van der Waals surface area contributed by atoms with Gasteiger partial charge in [0.05, 0.1) is 18.4 Å². The number of methoxy groups -OCH3 is 1. The van der Waals surface area contributed by atoms with Gasteiger partial charge in [-0.05, 0) is 70.0 Å². The van der Waals surface area contributed by atoms with E-state index in [4.69, 9.17) is 14.2 Å². The van der Waals surface area contributed by atoms with Gasteiger partial charge in [0.1, 0.15) is 39.9 Å². The van der Waals surface area contributed by atoms with Crippen LogP contribution in [-0.2, 0) is 17.8 Å². The summed E-state index contributed by atoms with van der Waals surface area (Å²) in [5.41, 5.74) is 3.66. The van der Waals surface area contributed by atoms with Crippen molar-refractivity contribution in [1.29, 1.82) is 0 Å². The number of carbonyl (C=O) groups is 1. The third-order valence-corrected chi connectivity index (χ3v) is 7.63. The SMILES string of the molecule is COc1ccccc1-c1nccc(COc2ccccc2C[C@@H](Oc2nccc3nc(-c4ccc(F)cc4)c(Br)n23)C(=O)O)n1. The summed E-state index contributed by atoms with van der Waals surface area (Å²) in [4.78, 5) is 30.3. The van der Waals surface area contributed by atoms with E-state index in [9.17, 15) is 14.3 Å². The fourth-order valence-electron chi connectivity index (χ4n) is 4.72. The second kappa shape index (κ2) is 13.1. The van der Waals surface area contributed by atoms with Crippen LogP contribution in [0.1, 0.15) is 11.3 Å². The molecule has 0 unspecified atom stereocenters. The monoisotopic (exact) mass is 669 g/mol. The minimum atomic E-state index is -1.31. The molecule has 0 aliphatic heterocycles. The molecule has 45 heavy (non-hydrogen) atoms. The molecule has 3 aromatic heterocycles. The van der Waals surface area contributed by atoms with Crippen LogP contribution >= 0.6 is 15.9 Å². The van der Waals surface area contributed by atoms with Crippen molar-refractivity contribution in [2.24, 2.45) is 0 Å². The summed E-state index contributed by atoms with van der Waals surface area (Å²) in [6.45, 7) is 0.120. The van der Waals surface area contributed by atoms with Gasteiger partial charge in [-0.2, -0.15) is 0 Å². The summed E-state index contributed by atoms with van der Waals surface area (Å²) >= 11 is 3.54. The van der Waals surface area contributed by atoms with Gasteiger partial charge in [-0.15, -0.1) is 0 Å². The Morgan fingerprint density at radius 1 is 0.933 bits per heavy atom. The summed E-state index contributed by atoms with van der Waals surface area (Å²) in [6.07, 6.45) is 1.80. The molecule has 0 saturated heterocycles. The summed E-state index contributed by atoms with van der Waals surface area (Å²) in [5, 5.41) is 10.1. The number of carboxylic acid groups (broad SMARTS) is 1. The number of imidazole rings is 1. The Hall–Kier alpha value is -5.36. The average molecular weight is 670 g/mol. The summed E-state index contributed by atoms with van der Waals surface area (Å²) in [7, 11) is 1.59. The number of hydrogen-bond donors (Lipinski definition) is 1. The number of benzene rings is 3. The van der Waals surface area contributed by atoms with Gasteiger partial charge in [0.15, 0.2) is 5.82 Å². The molecule has 0 aliphatic carbocycles. The molecule has 6 aromatic rings. The molecule has 0 bridgehead atoms. The fraction of sp³-hybridized carbons (Fsp3) is 0.121. The third kappa shape index (κ3) is 6.46. The van der Waals surface area contributed by atoms with E-state index in [1.165, 1.54) is 18.3 Å². The van der Waals surface area contributed by atoms with E-state index in [0.717, 1.165) is 5.56 Å². The molecular formula is C33H25BrFN5O5. The molecular weight excluding hydrogens is 645 g/mol. The van der Waals surface area contributed by atoms with Crippen molar-refractivity contribution < 1.29 is 28.5 Å². The van der Waals surface area contributed by atoms with E-state index in [2.05, 4.69) is 35.9 Å². The molecule has 3 aromatic carbocycles. The Labute approximate surface area is 265 Å². The maximum atomic E-state index is 13.5. The Morgan fingerprint density at radius 2 is 1.67 bits per heavy atom. The lowest BCUT2D eigenvalue weighted by molar-refractivity contribution is -0.145. The van der Waals surface area contributed by atoms with E-state index < -0.39 is 12.1 Å². The van der Waals surface area contributed by atoms with Gasteiger partial charge in [-0.3, -0.25) is 0 Å². The van der Waals surface area contributed by atoms with Crippen LogP contribution in [0.25, 0.3) is 28.3 Å². The van der Waals surface area contributed by atoms with Crippen LogP contribution in [0.4, 0.5) is 4.39 Å². The van der Waals surface area contributed by atoms with E-state index in [-0.39, 0.29) is 24.9 Å². The van der Waals surface area contributed by atoms with Crippen LogP contribution in [0.3, 0.4) is 0 Å². The van der Waals surface area contributed by atoms with Gasteiger partial charge in [-0.25, -0.2) is 33.5 Å². The zero-order valence-electron chi connectivity index (χ0n) is 23.8. The topological polar surface area (TPSA) is 121 Å². The minimum Gasteiger partial charge on any atom is -0.496 e. The second-order valence-electron chi connectivity index (χ2n) is 9.80. The quantitative estimate of drug-likeness (QED) is 0.167. The number of rotatable bonds is 11. The fourth-order valence-corrected chi connectivity index (χ4v) is 5.37. The van der Waals surface area contributed by atoms with Crippen LogP contribution < -0.4 is 14.2 Å². The largest absolute Gasteiger partial charge is 0.496 e. The lowest BCUT2D eigenvalue weighted by Crippen LogP contribution is -2.30. The first-order valence-electron chi connectivity index (χ1n) is 13.8. The lowest BCUT2D eigenvalue weighted by atomic mass is 10.1. The van der Waals surface area contributed by atoms with Crippen molar-refractivity contribution in [2.75, 3.05) is 7.11 Å². The van der Waals surface area contributed by atoms with Crippen LogP contribution in [0.5, 0.6) is 17.5 Å². The predicted molar refractivity (Wildman–Crippen MR) is 167 cm³/mol. The summed E-state index contributed by atoms with van der Waals surface area (Å²) in [6, 6.07) is 23.9. The van der Waals surface area contributed by atoms with Gasteiger partial charge < -0.3 is 19.3 Å². The Bertz CT molecular complexity index is 1990. The number of halogens is 2. The Kier molecular flexibility index (Phi) is 8.65. The number of aliphatic carboxylic acids is 1. The van der Waals surface area contributed by atoms with E-state index in [1.807, 2.05) is 24.3 Å². The molecule has 0 radical (unpaired) electrons. The maximum absolute atomic E-state index is 13.5. The van der Waals surface area contributed by atoms with Crippen molar-refractivity contribution in [1.82, 2.24) is 24.3 Å².